The molecule has 0 aliphatic heterocycles. The van der Waals surface area contributed by atoms with E-state index in [2.05, 4.69) is 15.6 Å². The van der Waals surface area contributed by atoms with Crippen molar-refractivity contribution in [2.75, 3.05) is 10.6 Å². The molecule has 0 spiro atoms. The zero-order valence-electron chi connectivity index (χ0n) is 12.1. The lowest BCUT2D eigenvalue weighted by Crippen LogP contribution is -2.11. The number of rotatable bonds is 5. The number of amides is 1. The number of carbonyl (C=O) groups is 1. The summed E-state index contributed by atoms with van der Waals surface area (Å²) in [6.45, 7) is 3.51. The molecule has 2 aromatic rings. The van der Waals surface area contributed by atoms with E-state index in [-0.39, 0.29) is 17.8 Å². The Morgan fingerprint density at radius 2 is 1.86 bits per heavy atom. The summed E-state index contributed by atoms with van der Waals surface area (Å²) < 4.78 is 12.9. The maximum absolute atomic E-state index is 12.9. The second-order valence-electron chi connectivity index (χ2n) is 4.76. The van der Waals surface area contributed by atoms with Crippen LogP contribution in [0, 0.1) is 5.82 Å². The zero-order valence-corrected chi connectivity index (χ0v) is 12.1. The van der Waals surface area contributed by atoms with Crippen LogP contribution in [0.5, 0.6) is 0 Å². The van der Waals surface area contributed by atoms with Gasteiger partial charge in [-0.2, -0.15) is 0 Å². The minimum Gasteiger partial charge on any atom is -0.377 e. The predicted octanol–water partition coefficient (Wildman–Crippen LogP) is 3.74. The van der Waals surface area contributed by atoms with E-state index in [9.17, 15) is 9.18 Å². The average Bonchev–Trinajstić information content (AvgIpc) is 2.47. The highest BCUT2D eigenvalue weighted by molar-refractivity contribution is 5.88. The predicted molar refractivity (Wildman–Crippen MR) is 81.6 cm³/mol. The van der Waals surface area contributed by atoms with Crippen molar-refractivity contribution in [3.8, 4) is 0 Å². The number of nitrogens with zero attached hydrogens (tertiary/aromatic N) is 1. The number of aromatic nitrogens is 1. The smallest absolute Gasteiger partial charge is 0.221 e. The second-order valence-corrected chi connectivity index (χ2v) is 4.76. The molecule has 5 heteroatoms. The normalized spacial score (nSPS) is 11.8. The van der Waals surface area contributed by atoms with Crippen molar-refractivity contribution < 1.29 is 9.18 Å². The van der Waals surface area contributed by atoms with Gasteiger partial charge in [0.1, 0.15) is 5.82 Å². The Balaban J connectivity index is 2.07. The van der Waals surface area contributed by atoms with Gasteiger partial charge in [-0.25, -0.2) is 4.39 Å². The van der Waals surface area contributed by atoms with Crippen molar-refractivity contribution in [1.82, 2.24) is 4.98 Å². The first kappa shape index (κ1) is 15.0. The van der Waals surface area contributed by atoms with Crippen molar-refractivity contribution in [3.05, 3.63) is 54.1 Å². The lowest BCUT2D eigenvalue weighted by molar-refractivity contribution is -0.114. The van der Waals surface area contributed by atoms with Gasteiger partial charge in [-0.3, -0.25) is 9.78 Å². The summed E-state index contributed by atoms with van der Waals surface area (Å²) in [4.78, 5) is 15.1. The molecule has 1 amide bonds. The van der Waals surface area contributed by atoms with Crippen LogP contribution in [-0.4, -0.2) is 10.9 Å². The van der Waals surface area contributed by atoms with Crippen molar-refractivity contribution in [3.63, 3.8) is 0 Å². The van der Waals surface area contributed by atoms with Crippen LogP contribution in [-0.2, 0) is 4.79 Å². The number of benzene rings is 1. The van der Waals surface area contributed by atoms with Gasteiger partial charge >= 0.3 is 0 Å². The molecule has 2 N–H and O–H groups in total. The first-order valence-corrected chi connectivity index (χ1v) is 6.84. The fourth-order valence-electron chi connectivity index (χ4n) is 2.03. The van der Waals surface area contributed by atoms with Crippen LogP contribution in [0.2, 0.25) is 0 Å². The Bertz CT molecular complexity index is 596. The maximum atomic E-state index is 12.9. The molecule has 0 fully saturated rings. The van der Waals surface area contributed by atoms with E-state index in [0.29, 0.717) is 0 Å². The summed E-state index contributed by atoms with van der Waals surface area (Å²) in [6, 6.07) is 10.5. The van der Waals surface area contributed by atoms with E-state index in [1.54, 1.807) is 6.07 Å². The summed E-state index contributed by atoms with van der Waals surface area (Å²) >= 11 is 0. The molecule has 1 heterocycles. The lowest BCUT2D eigenvalue weighted by Gasteiger charge is -2.18. The molecule has 110 valence electrons. The van der Waals surface area contributed by atoms with Crippen LogP contribution >= 0.6 is 0 Å². The van der Waals surface area contributed by atoms with Crippen molar-refractivity contribution >= 4 is 17.3 Å². The number of hydrogen-bond acceptors (Lipinski definition) is 3. The molecule has 1 aromatic carbocycles. The Morgan fingerprint density at radius 3 is 2.38 bits per heavy atom. The molecule has 1 unspecified atom stereocenters. The molecular formula is C16H18FN3O. The van der Waals surface area contributed by atoms with Crippen molar-refractivity contribution in [2.45, 2.75) is 26.3 Å². The standard InChI is InChI=1S/C16H18FN3O/c1-3-15(16-9-4-12(17)10-18-16)20-14-7-5-13(6-8-14)19-11(2)21/h4-10,15,20H,3H2,1-2H3,(H,19,21). The first-order valence-electron chi connectivity index (χ1n) is 6.84. The molecule has 4 nitrogen and oxygen atoms in total. The largest absolute Gasteiger partial charge is 0.377 e. The summed E-state index contributed by atoms with van der Waals surface area (Å²) in [7, 11) is 0. The Labute approximate surface area is 123 Å². The first-order chi connectivity index (χ1) is 10.1. The van der Waals surface area contributed by atoms with Gasteiger partial charge in [0.25, 0.3) is 0 Å². The fourth-order valence-corrected chi connectivity index (χ4v) is 2.03. The summed E-state index contributed by atoms with van der Waals surface area (Å²) in [5.41, 5.74) is 2.47. The fraction of sp³-hybridized carbons (Fsp3) is 0.250. The van der Waals surface area contributed by atoms with Crippen molar-refractivity contribution in [2.24, 2.45) is 0 Å². The minimum absolute atomic E-state index is 0.0113. The number of carbonyl (C=O) groups excluding carboxylic acids is 1. The monoisotopic (exact) mass is 287 g/mol. The van der Waals surface area contributed by atoms with E-state index in [4.69, 9.17) is 0 Å². The molecular weight excluding hydrogens is 269 g/mol. The van der Waals surface area contributed by atoms with Crippen LogP contribution in [0.1, 0.15) is 32.0 Å². The van der Waals surface area contributed by atoms with E-state index < -0.39 is 0 Å². The van der Waals surface area contributed by atoms with Gasteiger partial charge in [0.2, 0.25) is 5.91 Å². The molecule has 21 heavy (non-hydrogen) atoms. The zero-order chi connectivity index (χ0) is 15.2. The van der Waals surface area contributed by atoms with Gasteiger partial charge in [-0.1, -0.05) is 6.92 Å². The van der Waals surface area contributed by atoms with Crippen LogP contribution in [0.15, 0.2) is 42.6 Å². The van der Waals surface area contributed by atoms with Gasteiger partial charge in [0.05, 0.1) is 17.9 Å². The number of nitrogens with one attached hydrogen (secondary N) is 2. The maximum Gasteiger partial charge on any atom is 0.221 e. The third kappa shape index (κ3) is 4.27. The van der Waals surface area contributed by atoms with Crippen LogP contribution in [0.25, 0.3) is 0 Å². The molecule has 1 atom stereocenters. The molecule has 2 rings (SSSR count). The van der Waals surface area contributed by atoms with E-state index >= 15 is 0 Å². The summed E-state index contributed by atoms with van der Waals surface area (Å²) in [5, 5.41) is 6.06. The highest BCUT2D eigenvalue weighted by Gasteiger charge is 2.10. The Morgan fingerprint density at radius 1 is 1.19 bits per heavy atom. The molecule has 0 saturated carbocycles. The molecule has 0 aliphatic rings. The Kier molecular flexibility index (Phi) is 4.87. The molecule has 0 radical (unpaired) electrons. The number of pyridine rings is 1. The molecule has 1 aromatic heterocycles. The number of halogens is 1. The van der Waals surface area contributed by atoms with Crippen LogP contribution < -0.4 is 10.6 Å². The number of hydrogen-bond donors (Lipinski definition) is 2. The van der Waals surface area contributed by atoms with E-state index in [0.717, 1.165) is 23.5 Å². The highest BCUT2D eigenvalue weighted by atomic mass is 19.1. The third-order valence-electron chi connectivity index (χ3n) is 3.06. The van der Waals surface area contributed by atoms with E-state index in [1.807, 2.05) is 31.2 Å². The van der Waals surface area contributed by atoms with Gasteiger partial charge in [0, 0.05) is 18.3 Å². The second kappa shape index (κ2) is 6.83. The lowest BCUT2D eigenvalue weighted by atomic mass is 10.1. The van der Waals surface area contributed by atoms with Gasteiger partial charge in [-0.05, 0) is 42.8 Å². The number of anilines is 2. The van der Waals surface area contributed by atoms with Gasteiger partial charge < -0.3 is 10.6 Å². The SMILES string of the molecule is CCC(Nc1ccc(NC(C)=O)cc1)c1ccc(F)cn1. The minimum atomic E-state index is -0.340. The Hall–Kier alpha value is -2.43. The molecule has 0 bridgehead atoms. The quantitative estimate of drug-likeness (QED) is 0.880. The average molecular weight is 287 g/mol. The van der Waals surface area contributed by atoms with E-state index in [1.165, 1.54) is 19.2 Å². The molecule has 0 aliphatic carbocycles. The van der Waals surface area contributed by atoms with Crippen molar-refractivity contribution in [1.29, 1.82) is 0 Å². The van der Waals surface area contributed by atoms with Crippen LogP contribution in [0.4, 0.5) is 15.8 Å². The van der Waals surface area contributed by atoms with Gasteiger partial charge in [0.15, 0.2) is 0 Å². The highest BCUT2D eigenvalue weighted by Crippen LogP contribution is 2.22. The third-order valence-corrected chi connectivity index (χ3v) is 3.06. The summed E-state index contributed by atoms with van der Waals surface area (Å²) in [5.74, 6) is -0.439. The molecule has 0 saturated heterocycles. The van der Waals surface area contributed by atoms with Gasteiger partial charge in [-0.15, -0.1) is 0 Å². The summed E-state index contributed by atoms with van der Waals surface area (Å²) in [6.07, 6.45) is 2.05. The van der Waals surface area contributed by atoms with Crippen LogP contribution in [0.3, 0.4) is 0 Å². The topological polar surface area (TPSA) is 54.0 Å².